The van der Waals surface area contributed by atoms with Crippen molar-refractivity contribution in [1.29, 1.82) is 0 Å². The van der Waals surface area contributed by atoms with Gasteiger partial charge in [-0.15, -0.1) is 0 Å². The fourth-order valence-corrected chi connectivity index (χ4v) is 5.50. The first-order chi connectivity index (χ1) is 22.2. The molecule has 5 heteroatoms. The zero-order valence-corrected chi connectivity index (χ0v) is 24.7. The molecule has 6 aromatic carbocycles. The van der Waals surface area contributed by atoms with Crippen LogP contribution in [0.4, 0.5) is 11.4 Å². The fourth-order valence-electron chi connectivity index (χ4n) is 5.50. The van der Waals surface area contributed by atoms with Crippen LogP contribution in [0.1, 0.15) is 0 Å². The van der Waals surface area contributed by atoms with E-state index in [2.05, 4.69) is 102 Å². The first-order valence-corrected chi connectivity index (χ1v) is 15.0. The number of benzene rings is 6. The normalized spacial score (nSPS) is 10.8. The number of anilines is 2. The highest BCUT2D eigenvalue weighted by molar-refractivity contribution is 6.59. The highest BCUT2D eigenvalue weighted by Crippen LogP contribution is 2.34. The number of hydrogen-bond acceptors (Lipinski definition) is 4. The molecule has 0 saturated carbocycles. The zero-order chi connectivity index (χ0) is 30.4. The fraction of sp³-hybridized carbons (Fsp3) is 0. The van der Waals surface area contributed by atoms with Crippen LogP contribution in [0.2, 0.25) is 0 Å². The van der Waals surface area contributed by atoms with Gasteiger partial charge in [0.25, 0.3) is 7.41 Å². The van der Waals surface area contributed by atoms with E-state index in [0.29, 0.717) is 13.2 Å². The molecule has 0 aliphatic carbocycles. The summed E-state index contributed by atoms with van der Waals surface area (Å²) in [4.78, 5) is 12.1. The van der Waals surface area contributed by atoms with Crippen molar-refractivity contribution in [2.75, 3.05) is 4.81 Å². The number of aromatic nitrogens is 2. The quantitative estimate of drug-likeness (QED) is 0.183. The van der Waals surface area contributed by atoms with Gasteiger partial charge in [-0.3, -0.25) is 0 Å². The van der Waals surface area contributed by atoms with E-state index in [4.69, 9.17) is 9.97 Å². The number of nitrogens with zero attached hydrogens (tertiary/aromatic N) is 3. The average molecular weight is 580 g/mol. The number of phenolic OH excluding ortho intramolecular Hbond substituents is 1. The molecule has 0 radical (unpaired) electrons. The van der Waals surface area contributed by atoms with Crippen molar-refractivity contribution in [3.63, 3.8) is 0 Å². The first-order valence-electron chi connectivity index (χ1n) is 15.0. The highest BCUT2D eigenvalue weighted by Gasteiger charge is 2.17. The molecule has 1 N–H and O–H groups in total. The van der Waals surface area contributed by atoms with Gasteiger partial charge in [0.2, 0.25) is 0 Å². The molecule has 0 spiro atoms. The smallest absolute Gasteiger partial charge is 0.275 e. The van der Waals surface area contributed by atoms with E-state index in [1.807, 2.05) is 66.7 Å². The summed E-state index contributed by atoms with van der Waals surface area (Å²) in [5.74, 6) is 0.890. The lowest BCUT2D eigenvalue weighted by Crippen LogP contribution is -2.32. The van der Waals surface area contributed by atoms with Crippen LogP contribution in [-0.2, 0) is 0 Å². The number of phenols is 1. The van der Waals surface area contributed by atoms with Crippen LogP contribution in [0, 0.1) is 0 Å². The van der Waals surface area contributed by atoms with Crippen LogP contribution < -0.4 is 10.3 Å². The van der Waals surface area contributed by atoms with Crippen molar-refractivity contribution < 1.29 is 5.11 Å². The first kappa shape index (κ1) is 27.9. The standard InChI is InChI=1S/C40H30BN3O/c45-39-19-11-10-18-38(39)44(41-34-24-20-30(21-25-34)29-12-4-1-5-13-29)35-26-22-33(23-27-35)40-42-36(31-14-6-2-7-15-31)28-37(43-40)32-16-8-3-9-17-32/h1-28,41,45H. The number of para-hydroxylation sites is 2. The maximum atomic E-state index is 10.9. The third-order valence-electron chi connectivity index (χ3n) is 7.88. The molecule has 0 atom stereocenters. The molecule has 0 fully saturated rings. The Balaban J connectivity index is 1.24. The van der Waals surface area contributed by atoms with Crippen molar-refractivity contribution in [2.45, 2.75) is 0 Å². The second-order valence-electron chi connectivity index (χ2n) is 10.9. The predicted octanol–water partition coefficient (Wildman–Crippen LogP) is 8.67. The Morgan fingerprint density at radius 1 is 0.444 bits per heavy atom. The summed E-state index contributed by atoms with van der Waals surface area (Å²) in [5, 5.41) is 10.9. The number of rotatable bonds is 8. The maximum Gasteiger partial charge on any atom is 0.275 e. The van der Waals surface area contributed by atoms with E-state index < -0.39 is 0 Å². The summed E-state index contributed by atoms with van der Waals surface area (Å²) in [6, 6.07) is 57.1. The van der Waals surface area contributed by atoms with Gasteiger partial charge in [-0.2, -0.15) is 0 Å². The summed E-state index contributed by atoms with van der Waals surface area (Å²) in [6.07, 6.45) is 0. The lowest BCUT2D eigenvalue weighted by Gasteiger charge is -2.26. The largest absolute Gasteiger partial charge is 0.506 e. The van der Waals surface area contributed by atoms with Crippen molar-refractivity contribution in [3.05, 3.63) is 170 Å². The van der Waals surface area contributed by atoms with Gasteiger partial charge in [0, 0.05) is 22.4 Å². The average Bonchev–Trinajstić information content (AvgIpc) is 3.12. The Kier molecular flexibility index (Phi) is 7.89. The van der Waals surface area contributed by atoms with Crippen LogP contribution in [0.5, 0.6) is 5.75 Å². The molecule has 0 amide bonds. The van der Waals surface area contributed by atoms with Crippen molar-refractivity contribution >= 4 is 24.3 Å². The van der Waals surface area contributed by atoms with Gasteiger partial charge < -0.3 is 9.92 Å². The van der Waals surface area contributed by atoms with E-state index >= 15 is 0 Å². The van der Waals surface area contributed by atoms with Gasteiger partial charge in [-0.1, -0.05) is 133 Å². The zero-order valence-electron chi connectivity index (χ0n) is 24.7. The molecule has 0 unspecified atom stereocenters. The molecule has 7 rings (SSSR count). The van der Waals surface area contributed by atoms with Crippen LogP contribution in [-0.4, -0.2) is 22.5 Å². The van der Waals surface area contributed by atoms with Crippen molar-refractivity contribution in [2.24, 2.45) is 0 Å². The van der Waals surface area contributed by atoms with Crippen LogP contribution in [0.15, 0.2) is 170 Å². The van der Waals surface area contributed by atoms with Crippen LogP contribution >= 0.6 is 0 Å². The molecule has 0 bridgehead atoms. The maximum absolute atomic E-state index is 10.9. The summed E-state index contributed by atoms with van der Waals surface area (Å²) in [7, 11) is 0.587. The molecular weight excluding hydrogens is 549 g/mol. The van der Waals surface area contributed by atoms with Gasteiger partial charge in [0.05, 0.1) is 17.1 Å². The minimum atomic E-state index is 0.230. The Bertz CT molecular complexity index is 1960. The van der Waals surface area contributed by atoms with E-state index in [-0.39, 0.29) is 5.75 Å². The van der Waals surface area contributed by atoms with E-state index in [0.717, 1.165) is 44.9 Å². The van der Waals surface area contributed by atoms with Crippen LogP contribution in [0.25, 0.3) is 45.0 Å². The highest BCUT2D eigenvalue weighted by atomic mass is 16.3. The molecule has 4 nitrogen and oxygen atoms in total. The minimum absolute atomic E-state index is 0.230. The Morgan fingerprint density at radius 2 is 0.911 bits per heavy atom. The van der Waals surface area contributed by atoms with E-state index in [9.17, 15) is 5.11 Å². The topological polar surface area (TPSA) is 49.2 Å². The summed E-state index contributed by atoms with van der Waals surface area (Å²) >= 11 is 0. The third-order valence-corrected chi connectivity index (χ3v) is 7.88. The Morgan fingerprint density at radius 3 is 1.47 bits per heavy atom. The monoisotopic (exact) mass is 579 g/mol. The van der Waals surface area contributed by atoms with Crippen molar-refractivity contribution in [3.8, 4) is 50.8 Å². The molecule has 1 aromatic heterocycles. The lowest BCUT2D eigenvalue weighted by atomic mass is 9.78. The van der Waals surface area contributed by atoms with Gasteiger partial charge in [0.15, 0.2) is 5.82 Å². The summed E-state index contributed by atoms with van der Waals surface area (Å²) < 4.78 is 0. The number of aromatic hydroxyl groups is 1. The SMILES string of the molecule is Oc1ccccc1N(Bc1ccc(-c2ccccc2)cc1)c1ccc(-c2nc(-c3ccccc3)cc(-c3ccccc3)n2)cc1. The van der Waals surface area contributed by atoms with Gasteiger partial charge >= 0.3 is 0 Å². The number of hydrogen-bond donors (Lipinski definition) is 1. The minimum Gasteiger partial charge on any atom is -0.506 e. The molecule has 0 aliphatic rings. The lowest BCUT2D eigenvalue weighted by molar-refractivity contribution is 0.477. The molecule has 214 valence electrons. The molecular formula is C40H30BN3O. The molecule has 45 heavy (non-hydrogen) atoms. The van der Waals surface area contributed by atoms with Gasteiger partial charge in [-0.25, -0.2) is 9.97 Å². The predicted molar refractivity (Wildman–Crippen MR) is 187 cm³/mol. The summed E-state index contributed by atoms with van der Waals surface area (Å²) in [6.45, 7) is 0. The second-order valence-corrected chi connectivity index (χ2v) is 10.9. The summed E-state index contributed by atoms with van der Waals surface area (Å²) in [5.41, 5.74) is 9.93. The van der Waals surface area contributed by atoms with Crippen LogP contribution in [0.3, 0.4) is 0 Å². The van der Waals surface area contributed by atoms with E-state index in [1.54, 1.807) is 6.07 Å². The van der Waals surface area contributed by atoms with E-state index in [1.165, 1.54) is 11.1 Å². The Hall–Kier alpha value is -5.94. The molecule has 0 saturated heterocycles. The second kappa shape index (κ2) is 12.7. The molecule has 0 aliphatic heterocycles. The van der Waals surface area contributed by atoms with Crippen molar-refractivity contribution in [1.82, 2.24) is 9.97 Å². The van der Waals surface area contributed by atoms with Gasteiger partial charge in [0.1, 0.15) is 5.75 Å². The molecule has 7 aromatic rings. The third kappa shape index (κ3) is 6.24. The Labute approximate surface area is 264 Å². The van der Waals surface area contributed by atoms with Gasteiger partial charge in [-0.05, 0) is 53.6 Å². The molecule has 1 heterocycles.